The Hall–Kier alpha value is -1.02. The summed E-state index contributed by atoms with van der Waals surface area (Å²) < 4.78 is 5.62. The summed E-state index contributed by atoms with van der Waals surface area (Å²) in [5, 5.41) is 3.71. The maximum absolute atomic E-state index is 5.62. The Morgan fingerprint density at radius 1 is 1.37 bits per heavy atom. The quantitative estimate of drug-likeness (QED) is 0.890. The van der Waals surface area contributed by atoms with Gasteiger partial charge in [-0.3, -0.25) is 0 Å². The highest BCUT2D eigenvalue weighted by molar-refractivity contribution is 5.41. The van der Waals surface area contributed by atoms with Crippen LogP contribution in [0.4, 0.5) is 0 Å². The monoisotopic (exact) mass is 259 g/mol. The number of hydrogen-bond donors (Lipinski definition) is 1. The van der Waals surface area contributed by atoms with Crippen molar-refractivity contribution in [2.24, 2.45) is 11.8 Å². The summed E-state index contributed by atoms with van der Waals surface area (Å²) >= 11 is 0. The lowest BCUT2D eigenvalue weighted by Crippen LogP contribution is -2.27. The van der Waals surface area contributed by atoms with E-state index in [0.717, 1.165) is 37.2 Å². The first-order valence-corrected chi connectivity index (χ1v) is 7.77. The van der Waals surface area contributed by atoms with Crippen LogP contribution in [0.3, 0.4) is 0 Å². The molecule has 2 nitrogen and oxygen atoms in total. The normalized spacial score (nSPS) is 27.1. The van der Waals surface area contributed by atoms with Gasteiger partial charge in [0.05, 0.1) is 6.61 Å². The molecule has 1 N–H and O–H groups in total. The first-order valence-electron chi connectivity index (χ1n) is 7.77. The van der Waals surface area contributed by atoms with Gasteiger partial charge in [-0.05, 0) is 48.4 Å². The Bertz CT molecular complexity index is 443. The van der Waals surface area contributed by atoms with Gasteiger partial charge < -0.3 is 10.1 Å². The fourth-order valence-corrected chi connectivity index (χ4v) is 3.73. The molecule has 0 spiro atoms. The number of benzene rings is 1. The van der Waals surface area contributed by atoms with Crippen molar-refractivity contribution >= 4 is 0 Å². The second-order valence-corrected chi connectivity index (χ2v) is 6.18. The smallest absolute Gasteiger partial charge is 0.122 e. The number of rotatable bonds is 4. The van der Waals surface area contributed by atoms with Crippen LogP contribution in [0.1, 0.15) is 50.3 Å². The van der Waals surface area contributed by atoms with Gasteiger partial charge >= 0.3 is 0 Å². The van der Waals surface area contributed by atoms with Crippen LogP contribution in [0.2, 0.25) is 0 Å². The number of nitrogens with one attached hydrogen (secondary N) is 1. The van der Waals surface area contributed by atoms with E-state index >= 15 is 0 Å². The third-order valence-corrected chi connectivity index (χ3v) is 4.70. The van der Waals surface area contributed by atoms with Gasteiger partial charge in [-0.25, -0.2) is 0 Å². The van der Waals surface area contributed by atoms with E-state index in [-0.39, 0.29) is 0 Å². The van der Waals surface area contributed by atoms with Crippen LogP contribution >= 0.6 is 0 Å². The van der Waals surface area contributed by atoms with Crippen LogP contribution < -0.4 is 10.1 Å². The van der Waals surface area contributed by atoms with E-state index in [4.69, 9.17) is 4.74 Å². The molecule has 3 atom stereocenters. The lowest BCUT2D eigenvalue weighted by molar-refractivity contribution is 0.355. The van der Waals surface area contributed by atoms with E-state index in [1.165, 1.54) is 30.4 Å². The molecule has 19 heavy (non-hydrogen) atoms. The zero-order chi connectivity index (χ0) is 13.2. The molecule has 1 saturated carbocycles. The van der Waals surface area contributed by atoms with Crippen molar-refractivity contribution in [1.29, 1.82) is 0 Å². The van der Waals surface area contributed by atoms with Crippen LogP contribution in [0.15, 0.2) is 18.2 Å². The first-order chi connectivity index (χ1) is 9.28. The highest BCUT2D eigenvalue weighted by atomic mass is 16.5. The van der Waals surface area contributed by atoms with Crippen LogP contribution in [-0.4, -0.2) is 13.2 Å². The van der Waals surface area contributed by atoms with E-state index in [1.807, 2.05) is 0 Å². The van der Waals surface area contributed by atoms with Gasteiger partial charge in [0.2, 0.25) is 0 Å². The molecule has 3 unspecified atom stereocenters. The van der Waals surface area contributed by atoms with Crippen LogP contribution in [0.25, 0.3) is 0 Å². The molecule has 0 radical (unpaired) electrons. The molecule has 1 fully saturated rings. The minimum Gasteiger partial charge on any atom is -0.493 e. The molecule has 0 aromatic heterocycles. The van der Waals surface area contributed by atoms with Crippen molar-refractivity contribution in [3.8, 4) is 5.75 Å². The predicted octanol–water partition coefficient (Wildman–Crippen LogP) is 3.71. The fraction of sp³-hybridized carbons (Fsp3) is 0.647. The Morgan fingerprint density at radius 2 is 2.26 bits per heavy atom. The second kappa shape index (κ2) is 5.54. The molecular formula is C17H25NO. The van der Waals surface area contributed by atoms with Gasteiger partial charge in [0.1, 0.15) is 5.75 Å². The zero-order valence-corrected chi connectivity index (χ0v) is 12.1. The Kier molecular flexibility index (Phi) is 3.79. The molecule has 1 heterocycles. The maximum Gasteiger partial charge on any atom is 0.122 e. The van der Waals surface area contributed by atoms with Crippen molar-refractivity contribution < 1.29 is 4.74 Å². The van der Waals surface area contributed by atoms with Gasteiger partial charge in [-0.2, -0.15) is 0 Å². The third-order valence-electron chi connectivity index (χ3n) is 4.70. The predicted molar refractivity (Wildman–Crippen MR) is 78.6 cm³/mol. The van der Waals surface area contributed by atoms with Crippen LogP contribution in [-0.2, 0) is 6.42 Å². The standard InChI is InChI=1S/C17H25NO/c1-3-18-17(14-5-4-12(2)10-14)15-6-7-16-13(11-15)8-9-19-16/h6-7,11-12,14,17-18H,3-5,8-10H2,1-2H3. The van der Waals surface area contributed by atoms with Crippen molar-refractivity contribution in [3.63, 3.8) is 0 Å². The number of fused-ring (bicyclic) bond motifs is 1. The highest BCUT2D eigenvalue weighted by Crippen LogP contribution is 2.40. The van der Waals surface area contributed by atoms with Crippen molar-refractivity contribution in [2.75, 3.05) is 13.2 Å². The fourth-order valence-electron chi connectivity index (χ4n) is 3.73. The first kappa shape index (κ1) is 13.0. The average molecular weight is 259 g/mol. The van der Waals surface area contributed by atoms with E-state index in [1.54, 1.807) is 0 Å². The van der Waals surface area contributed by atoms with Gasteiger partial charge in [-0.15, -0.1) is 0 Å². The summed E-state index contributed by atoms with van der Waals surface area (Å²) in [7, 11) is 0. The molecule has 1 aromatic rings. The van der Waals surface area contributed by atoms with E-state index in [2.05, 4.69) is 37.4 Å². The van der Waals surface area contributed by atoms with E-state index in [0.29, 0.717) is 6.04 Å². The third kappa shape index (κ3) is 2.64. The highest BCUT2D eigenvalue weighted by Gasteiger charge is 2.29. The second-order valence-electron chi connectivity index (χ2n) is 6.18. The average Bonchev–Trinajstić information content (AvgIpc) is 3.03. The topological polar surface area (TPSA) is 21.3 Å². The minimum absolute atomic E-state index is 0.529. The molecule has 104 valence electrons. The Balaban J connectivity index is 1.83. The molecule has 0 saturated heterocycles. The Morgan fingerprint density at radius 3 is 3.00 bits per heavy atom. The van der Waals surface area contributed by atoms with E-state index in [9.17, 15) is 0 Å². The molecular weight excluding hydrogens is 234 g/mol. The SMILES string of the molecule is CCNC(c1ccc2c(c1)CCO2)C1CCC(C)C1. The van der Waals surface area contributed by atoms with Crippen molar-refractivity contribution in [2.45, 2.75) is 45.6 Å². The lowest BCUT2D eigenvalue weighted by atomic mass is 9.89. The summed E-state index contributed by atoms with van der Waals surface area (Å²) in [5.41, 5.74) is 2.86. The summed E-state index contributed by atoms with van der Waals surface area (Å²) in [5.74, 6) is 2.79. The summed E-state index contributed by atoms with van der Waals surface area (Å²) in [6.45, 7) is 6.50. The van der Waals surface area contributed by atoms with Crippen molar-refractivity contribution in [3.05, 3.63) is 29.3 Å². The molecule has 1 aliphatic heterocycles. The zero-order valence-electron chi connectivity index (χ0n) is 12.1. The molecule has 0 bridgehead atoms. The molecule has 1 aliphatic carbocycles. The summed E-state index contributed by atoms with van der Waals surface area (Å²) in [6, 6.07) is 7.33. The summed E-state index contributed by atoms with van der Waals surface area (Å²) in [4.78, 5) is 0. The molecule has 2 aliphatic rings. The van der Waals surface area contributed by atoms with Crippen LogP contribution in [0.5, 0.6) is 5.75 Å². The molecule has 3 rings (SSSR count). The maximum atomic E-state index is 5.62. The van der Waals surface area contributed by atoms with E-state index < -0.39 is 0 Å². The largest absolute Gasteiger partial charge is 0.493 e. The Labute approximate surface area is 116 Å². The van der Waals surface area contributed by atoms with Gasteiger partial charge in [-0.1, -0.05) is 32.4 Å². The van der Waals surface area contributed by atoms with Gasteiger partial charge in [0.15, 0.2) is 0 Å². The minimum atomic E-state index is 0.529. The summed E-state index contributed by atoms with van der Waals surface area (Å²) in [6.07, 6.45) is 5.20. The molecule has 2 heteroatoms. The molecule has 1 aromatic carbocycles. The van der Waals surface area contributed by atoms with Crippen LogP contribution in [0, 0.1) is 11.8 Å². The number of hydrogen-bond acceptors (Lipinski definition) is 2. The lowest BCUT2D eigenvalue weighted by Gasteiger charge is -2.25. The van der Waals surface area contributed by atoms with Gasteiger partial charge in [0, 0.05) is 12.5 Å². The molecule has 0 amide bonds. The number of ether oxygens (including phenoxy) is 1. The van der Waals surface area contributed by atoms with Crippen molar-refractivity contribution in [1.82, 2.24) is 5.32 Å². The van der Waals surface area contributed by atoms with Gasteiger partial charge in [0.25, 0.3) is 0 Å².